The van der Waals surface area contributed by atoms with Crippen molar-refractivity contribution in [1.29, 1.82) is 0 Å². The molecule has 23 heavy (non-hydrogen) atoms. The minimum atomic E-state index is -3.90. The van der Waals surface area contributed by atoms with Crippen molar-refractivity contribution in [2.24, 2.45) is 0 Å². The van der Waals surface area contributed by atoms with Gasteiger partial charge in [-0.2, -0.15) is 0 Å². The molecule has 8 nitrogen and oxygen atoms in total. The monoisotopic (exact) mass is 345 g/mol. The summed E-state index contributed by atoms with van der Waals surface area (Å²) in [5.74, 6) is 0.144. The number of likely N-dealkylation sites (N-methyl/N-ethyl adjacent to an activating group) is 1. The highest BCUT2D eigenvalue weighted by atomic mass is 32.2. The van der Waals surface area contributed by atoms with E-state index in [9.17, 15) is 13.2 Å². The molecule has 0 spiro atoms. The van der Waals surface area contributed by atoms with Crippen molar-refractivity contribution in [3.63, 3.8) is 0 Å². The zero-order chi connectivity index (χ0) is 17.5. The van der Waals surface area contributed by atoms with Crippen LogP contribution >= 0.6 is 0 Å². The van der Waals surface area contributed by atoms with Gasteiger partial charge in [-0.3, -0.25) is 4.79 Å². The summed E-state index contributed by atoms with van der Waals surface area (Å²) in [5.41, 5.74) is 0. The zero-order valence-corrected chi connectivity index (χ0v) is 14.6. The smallest absolute Gasteiger partial charge is 0.244 e. The molecule has 0 radical (unpaired) electrons. The average molecular weight is 345 g/mol. The number of hydrogen-bond donors (Lipinski definition) is 2. The molecule has 0 heterocycles. The van der Waals surface area contributed by atoms with Gasteiger partial charge >= 0.3 is 0 Å². The van der Waals surface area contributed by atoms with Crippen LogP contribution in [0.5, 0.6) is 11.5 Å². The number of nitrogens with zero attached hydrogens (tertiary/aromatic N) is 1. The second-order valence-electron chi connectivity index (χ2n) is 4.99. The molecule has 0 aliphatic heterocycles. The van der Waals surface area contributed by atoms with Crippen molar-refractivity contribution in [1.82, 2.24) is 14.9 Å². The van der Waals surface area contributed by atoms with Gasteiger partial charge in [0.2, 0.25) is 15.9 Å². The summed E-state index contributed by atoms with van der Waals surface area (Å²) < 4.78 is 37.0. The van der Waals surface area contributed by atoms with Gasteiger partial charge in [0.15, 0.2) is 0 Å². The molecule has 0 bridgehead atoms. The summed E-state index contributed by atoms with van der Waals surface area (Å²) in [7, 11) is 2.66. The Morgan fingerprint density at radius 2 is 1.91 bits per heavy atom. The SMILES string of the molecule is COc1ccc(OC)c(S(=O)(=O)NCC(=O)NCCN(C)C)c1. The number of carbonyl (C=O) groups excluding carboxylic acids is 1. The van der Waals surface area contributed by atoms with Crippen molar-refractivity contribution in [2.45, 2.75) is 4.90 Å². The van der Waals surface area contributed by atoms with E-state index in [1.807, 2.05) is 19.0 Å². The van der Waals surface area contributed by atoms with Gasteiger partial charge in [0.05, 0.1) is 20.8 Å². The molecule has 1 rings (SSSR count). The van der Waals surface area contributed by atoms with Crippen LogP contribution in [-0.4, -0.2) is 67.2 Å². The molecule has 0 saturated carbocycles. The number of nitrogens with one attached hydrogen (secondary N) is 2. The van der Waals surface area contributed by atoms with Gasteiger partial charge in [-0.15, -0.1) is 0 Å². The third-order valence-electron chi connectivity index (χ3n) is 2.96. The topological polar surface area (TPSA) is 97.0 Å². The van der Waals surface area contributed by atoms with E-state index in [0.29, 0.717) is 18.8 Å². The maximum absolute atomic E-state index is 12.3. The van der Waals surface area contributed by atoms with Gasteiger partial charge in [0, 0.05) is 19.2 Å². The lowest BCUT2D eigenvalue weighted by Crippen LogP contribution is -2.39. The van der Waals surface area contributed by atoms with Crippen molar-refractivity contribution in [2.75, 3.05) is 47.9 Å². The molecule has 0 aromatic heterocycles. The lowest BCUT2D eigenvalue weighted by Gasteiger charge is -2.13. The second-order valence-corrected chi connectivity index (χ2v) is 6.73. The fourth-order valence-electron chi connectivity index (χ4n) is 1.71. The van der Waals surface area contributed by atoms with Gasteiger partial charge in [-0.05, 0) is 26.2 Å². The molecule has 2 N–H and O–H groups in total. The summed E-state index contributed by atoms with van der Waals surface area (Å²) >= 11 is 0. The first-order chi connectivity index (χ1) is 10.8. The summed E-state index contributed by atoms with van der Waals surface area (Å²) in [5, 5.41) is 2.63. The van der Waals surface area contributed by atoms with Crippen LogP contribution in [0, 0.1) is 0 Å². The van der Waals surface area contributed by atoms with E-state index in [4.69, 9.17) is 9.47 Å². The molecule has 1 aromatic carbocycles. The van der Waals surface area contributed by atoms with E-state index in [0.717, 1.165) is 0 Å². The molecule has 0 fully saturated rings. The summed E-state index contributed by atoms with van der Waals surface area (Å²) in [6.07, 6.45) is 0. The molecule has 0 aliphatic rings. The van der Waals surface area contributed by atoms with E-state index in [-0.39, 0.29) is 17.2 Å². The molecule has 0 unspecified atom stereocenters. The third kappa shape index (κ3) is 6.05. The second kappa shape index (κ2) is 8.70. The minimum Gasteiger partial charge on any atom is -0.497 e. The van der Waals surface area contributed by atoms with E-state index in [1.54, 1.807) is 6.07 Å². The largest absolute Gasteiger partial charge is 0.497 e. The fourth-order valence-corrected chi connectivity index (χ4v) is 2.88. The highest BCUT2D eigenvalue weighted by Gasteiger charge is 2.21. The van der Waals surface area contributed by atoms with Gasteiger partial charge in [-0.1, -0.05) is 0 Å². The fraction of sp³-hybridized carbons (Fsp3) is 0.500. The maximum Gasteiger partial charge on any atom is 0.244 e. The molecule has 1 amide bonds. The quantitative estimate of drug-likeness (QED) is 0.636. The number of sulfonamides is 1. The van der Waals surface area contributed by atoms with Crippen LogP contribution in [0.4, 0.5) is 0 Å². The molecule has 9 heteroatoms. The molecular formula is C14H23N3O5S. The average Bonchev–Trinajstić information content (AvgIpc) is 2.52. The number of methoxy groups -OCH3 is 2. The molecule has 0 saturated heterocycles. The van der Waals surface area contributed by atoms with Crippen LogP contribution in [0.25, 0.3) is 0 Å². The summed E-state index contributed by atoms with van der Waals surface area (Å²) in [6, 6.07) is 4.42. The molecule has 0 atom stereocenters. The number of ether oxygens (including phenoxy) is 2. The Labute approximate surface area is 136 Å². The molecule has 0 aliphatic carbocycles. The van der Waals surface area contributed by atoms with Crippen LogP contribution in [0.15, 0.2) is 23.1 Å². The third-order valence-corrected chi connectivity index (χ3v) is 4.39. The number of amides is 1. The normalized spacial score (nSPS) is 11.3. The van der Waals surface area contributed by atoms with Gasteiger partial charge in [0.25, 0.3) is 0 Å². The lowest BCUT2D eigenvalue weighted by molar-refractivity contribution is -0.119. The van der Waals surface area contributed by atoms with E-state index < -0.39 is 15.9 Å². The predicted molar refractivity (Wildman–Crippen MR) is 86.3 cm³/mol. The molecular weight excluding hydrogens is 322 g/mol. The Kier molecular flexibility index (Phi) is 7.27. The Hall–Kier alpha value is -1.84. The first kappa shape index (κ1) is 19.2. The minimum absolute atomic E-state index is 0.0829. The maximum atomic E-state index is 12.3. The van der Waals surface area contributed by atoms with Crippen molar-refractivity contribution in [3.8, 4) is 11.5 Å². The standard InChI is InChI=1S/C14H23N3O5S/c1-17(2)8-7-15-14(18)10-16-23(19,20)13-9-11(21-3)5-6-12(13)22-4/h5-6,9,16H,7-8,10H2,1-4H3,(H,15,18). The first-order valence-electron chi connectivity index (χ1n) is 6.93. The van der Waals surface area contributed by atoms with E-state index >= 15 is 0 Å². The van der Waals surface area contributed by atoms with E-state index in [2.05, 4.69) is 10.0 Å². The van der Waals surface area contributed by atoms with Crippen molar-refractivity contribution in [3.05, 3.63) is 18.2 Å². The summed E-state index contributed by atoms with van der Waals surface area (Å²) in [6.45, 7) is 0.758. The van der Waals surface area contributed by atoms with Crippen LogP contribution in [0.1, 0.15) is 0 Å². The van der Waals surface area contributed by atoms with Gasteiger partial charge in [-0.25, -0.2) is 13.1 Å². The number of hydrogen-bond acceptors (Lipinski definition) is 6. The predicted octanol–water partition coefficient (Wildman–Crippen LogP) is -0.340. The highest BCUT2D eigenvalue weighted by molar-refractivity contribution is 7.89. The Morgan fingerprint density at radius 3 is 2.48 bits per heavy atom. The Bertz CT molecular complexity index is 631. The number of carbonyl (C=O) groups is 1. The molecule has 130 valence electrons. The van der Waals surface area contributed by atoms with Gasteiger partial charge < -0.3 is 19.7 Å². The van der Waals surface area contributed by atoms with Gasteiger partial charge in [0.1, 0.15) is 16.4 Å². The first-order valence-corrected chi connectivity index (χ1v) is 8.41. The Morgan fingerprint density at radius 1 is 1.22 bits per heavy atom. The molecule has 1 aromatic rings. The van der Waals surface area contributed by atoms with Crippen LogP contribution in [0.3, 0.4) is 0 Å². The zero-order valence-electron chi connectivity index (χ0n) is 13.8. The van der Waals surface area contributed by atoms with Crippen molar-refractivity contribution >= 4 is 15.9 Å². The van der Waals surface area contributed by atoms with Crippen LogP contribution < -0.4 is 19.5 Å². The van der Waals surface area contributed by atoms with Crippen molar-refractivity contribution < 1.29 is 22.7 Å². The van der Waals surface area contributed by atoms with E-state index in [1.165, 1.54) is 26.4 Å². The number of benzene rings is 1. The lowest BCUT2D eigenvalue weighted by atomic mass is 10.3. The van der Waals surface area contributed by atoms with Crippen LogP contribution in [-0.2, 0) is 14.8 Å². The number of rotatable bonds is 9. The Balaban J connectivity index is 2.74. The summed E-state index contributed by atoms with van der Waals surface area (Å²) in [4.78, 5) is 13.5. The van der Waals surface area contributed by atoms with Crippen LogP contribution in [0.2, 0.25) is 0 Å². The highest BCUT2D eigenvalue weighted by Crippen LogP contribution is 2.27.